The largest absolute Gasteiger partial charge is 0.481 e. The summed E-state index contributed by atoms with van der Waals surface area (Å²) in [5, 5.41) is 33.4. The zero-order valence-corrected chi connectivity index (χ0v) is 15.1. The van der Waals surface area contributed by atoms with Crippen LogP contribution in [-0.4, -0.2) is 86.2 Å². The van der Waals surface area contributed by atoms with Crippen molar-refractivity contribution in [2.24, 2.45) is 5.73 Å². The molecule has 14 nitrogen and oxygen atoms in total. The van der Waals surface area contributed by atoms with Crippen molar-refractivity contribution in [2.75, 3.05) is 13.2 Å². The maximum Gasteiger partial charge on any atom is 0.328 e. The van der Waals surface area contributed by atoms with E-state index in [9.17, 15) is 24.0 Å². The number of carbonyl (C=O) groups excluding carboxylic acids is 3. The van der Waals surface area contributed by atoms with Gasteiger partial charge in [0, 0.05) is 18.3 Å². The number of aromatic amines is 1. The minimum Gasteiger partial charge on any atom is -0.481 e. The Morgan fingerprint density at radius 1 is 1.03 bits per heavy atom. The lowest BCUT2D eigenvalue weighted by Crippen LogP contribution is -2.57. The van der Waals surface area contributed by atoms with E-state index in [0.29, 0.717) is 5.69 Å². The summed E-state index contributed by atoms with van der Waals surface area (Å²) >= 11 is 0. The molecule has 14 heteroatoms. The molecule has 1 heterocycles. The van der Waals surface area contributed by atoms with Gasteiger partial charge in [-0.15, -0.1) is 0 Å². The van der Waals surface area contributed by atoms with E-state index < -0.39 is 67.4 Å². The van der Waals surface area contributed by atoms with Crippen LogP contribution in [-0.2, 0) is 30.4 Å². The second-order valence-corrected chi connectivity index (χ2v) is 5.85. The number of amides is 3. The molecule has 3 unspecified atom stereocenters. The van der Waals surface area contributed by atoms with Crippen LogP contribution >= 0.6 is 0 Å². The summed E-state index contributed by atoms with van der Waals surface area (Å²) in [5.41, 5.74) is 5.55. The molecular formula is C15H22N6O8. The third kappa shape index (κ3) is 7.94. The predicted octanol–water partition coefficient (Wildman–Crippen LogP) is -4.08. The average molecular weight is 414 g/mol. The van der Waals surface area contributed by atoms with Crippen molar-refractivity contribution in [1.82, 2.24) is 25.9 Å². The van der Waals surface area contributed by atoms with Crippen LogP contribution in [0.2, 0.25) is 0 Å². The Labute approximate surface area is 163 Å². The van der Waals surface area contributed by atoms with Gasteiger partial charge in [-0.1, -0.05) is 0 Å². The number of H-pyrrole nitrogens is 1. The fourth-order valence-electron chi connectivity index (χ4n) is 2.19. The van der Waals surface area contributed by atoms with Crippen molar-refractivity contribution >= 4 is 29.7 Å². The van der Waals surface area contributed by atoms with Crippen LogP contribution in [0.5, 0.6) is 0 Å². The Morgan fingerprint density at radius 2 is 1.66 bits per heavy atom. The number of rotatable bonds is 12. The van der Waals surface area contributed by atoms with Gasteiger partial charge in [0.2, 0.25) is 17.7 Å². The first-order chi connectivity index (χ1) is 13.7. The van der Waals surface area contributed by atoms with E-state index in [4.69, 9.17) is 21.1 Å². The molecule has 0 aliphatic rings. The third-order valence-corrected chi connectivity index (χ3v) is 3.62. The number of aliphatic hydroxyl groups excluding tert-OH is 1. The Hall–Kier alpha value is -3.52. The fraction of sp³-hybridized carbons (Fsp3) is 0.467. The quantitative estimate of drug-likeness (QED) is 0.164. The van der Waals surface area contributed by atoms with Crippen molar-refractivity contribution < 1.29 is 39.3 Å². The number of hydrogen-bond acceptors (Lipinski definition) is 8. The molecule has 0 saturated carbocycles. The molecular weight excluding hydrogens is 392 g/mol. The number of aliphatic carboxylic acids is 2. The van der Waals surface area contributed by atoms with E-state index in [1.165, 1.54) is 12.5 Å². The fourth-order valence-corrected chi connectivity index (χ4v) is 2.19. The second kappa shape index (κ2) is 11.4. The molecule has 0 aliphatic carbocycles. The number of nitrogens with zero attached hydrogens (tertiary/aromatic N) is 1. The van der Waals surface area contributed by atoms with Crippen LogP contribution in [0.1, 0.15) is 12.1 Å². The number of imidazole rings is 1. The lowest BCUT2D eigenvalue weighted by molar-refractivity contribution is -0.144. The lowest BCUT2D eigenvalue weighted by Gasteiger charge is -2.23. The van der Waals surface area contributed by atoms with Crippen molar-refractivity contribution in [2.45, 2.75) is 31.0 Å². The Balaban J connectivity index is 2.99. The maximum absolute atomic E-state index is 12.5. The van der Waals surface area contributed by atoms with Crippen molar-refractivity contribution in [3.05, 3.63) is 18.2 Å². The molecule has 0 bridgehead atoms. The van der Waals surface area contributed by atoms with Gasteiger partial charge in [-0.2, -0.15) is 0 Å². The molecule has 3 amide bonds. The Kier molecular flexibility index (Phi) is 9.21. The van der Waals surface area contributed by atoms with Crippen LogP contribution in [0.25, 0.3) is 0 Å². The highest BCUT2D eigenvalue weighted by molar-refractivity contribution is 5.95. The standard InChI is InChI=1S/C15H22N6O8/c16-3-11(23)19-9(2-12(24)25)14(27)20-8(1-7-4-17-6-18-7)13(26)21-10(5-22)15(28)29/h4,6,8-10,22H,1-3,5,16H2,(H,17,18)(H,19,23)(H,20,27)(H,21,26)(H,24,25)(H,28,29). The summed E-state index contributed by atoms with van der Waals surface area (Å²) in [6.07, 6.45) is 1.75. The van der Waals surface area contributed by atoms with Crippen molar-refractivity contribution in [3.63, 3.8) is 0 Å². The van der Waals surface area contributed by atoms with Gasteiger partial charge < -0.3 is 42.0 Å². The highest BCUT2D eigenvalue weighted by Gasteiger charge is 2.30. The molecule has 3 atom stereocenters. The molecule has 1 aromatic rings. The van der Waals surface area contributed by atoms with Crippen molar-refractivity contribution in [3.8, 4) is 0 Å². The summed E-state index contributed by atoms with van der Waals surface area (Å²) in [6, 6.07) is -4.49. The third-order valence-electron chi connectivity index (χ3n) is 3.62. The van der Waals surface area contributed by atoms with Gasteiger partial charge in [-0.3, -0.25) is 19.2 Å². The van der Waals surface area contributed by atoms with Gasteiger partial charge in [-0.05, 0) is 0 Å². The summed E-state index contributed by atoms with van der Waals surface area (Å²) in [6.45, 7) is -1.38. The lowest BCUT2D eigenvalue weighted by atomic mass is 10.1. The van der Waals surface area contributed by atoms with E-state index in [-0.39, 0.29) is 6.42 Å². The van der Waals surface area contributed by atoms with Crippen LogP contribution in [0.4, 0.5) is 0 Å². The molecule has 0 saturated heterocycles. The van der Waals surface area contributed by atoms with Gasteiger partial charge >= 0.3 is 11.9 Å². The monoisotopic (exact) mass is 414 g/mol. The molecule has 0 aromatic carbocycles. The Bertz CT molecular complexity index is 737. The van der Waals surface area contributed by atoms with Crippen molar-refractivity contribution in [1.29, 1.82) is 0 Å². The first kappa shape index (κ1) is 23.5. The topological polar surface area (TPSA) is 237 Å². The van der Waals surface area contributed by atoms with Gasteiger partial charge in [0.1, 0.15) is 18.1 Å². The first-order valence-corrected chi connectivity index (χ1v) is 8.30. The second-order valence-electron chi connectivity index (χ2n) is 5.85. The SMILES string of the molecule is NCC(=O)NC(CC(=O)O)C(=O)NC(Cc1cnc[nH]1)C(=O)NC(CO)C(=O)O. The minimum absolute atomic E-state index is 0.153. The predicted molar refractivity (Wildman–Crippen MR) is 94.1 cm³/mol. The smallest absolute Gasteiger partial charge is 0.328 e. The molecule has 9 N–H and O–H groups in total. The zero-order valence-electron chi connectivity index (χ0n) is 15.1. The minimum atomic E-state index is -1.62. The van der Waals surface area contributed by atoms with Gasteiger partial charge in [-0.25, -0.2) is 9.78 Å². The highest BCUT2D eigenvalue weighted by Crippen LogP contribution is 2.02. The normalized spacial score (nSPS) is 13.6. The molecule has 1 rings (SSSR count). The van der Waals surface area contributed by atoms with Crippen LogP contribution in [0, 0.1) is 0 Å². The average Bonchev–Trinajstić information content (AvgIpc) is 3.16. The Morgan fingerprint density at radius 3 is 2.14 bits per heavy atom. The van der Waals surface area contributed by atoms with E-state index >= 15 is 0 Å². The number of carboxylic acids is 2. The van der Waals surface area contributed by atoms with E-state index in [2.05, 4.69) is 25.9 Å². The zero-order chi connectivity index (χ0) is 22.0. The summed E-state index contributed by atoms with van der Waals surface area (Å²) < 4.78 is 0. The molecule has 0 aliphatic heterocycles. The van der Waals surface area contributed by atoms with Gasteiger partial charge in [0.25, 0.3) is 0 Å². The number of aromatic nitrogens is 2. The summed E-state index contributed by atoms with van der Waals surface area (Å²) in [4.78, 5) is 64.8. The van der Waals surface area contributed by atoms with Crippen LogP contribution in [0.3, 0.4) is 0 Å². The summed E-state index contributed by atoms with van der Waals surface area (Å²) in [5.74, 6) is -5.61. The van der Waals surface area contributed by atoms with E-state index in [0.717, 1.165) is 0 Å². The highest BCUT2D eigenvalue weighted by atomic mass is 16.4. The number of nitrogens with two attached hydrogens (primary N) is 1. The van der Waals surface area contributed by atoms with Crippen LogP contribution in [0.15, 0.2) is 12.5 Å². The van der Waals surface area contributed by atoms with Gasteiger partial charge in [0.15, 0.2) is 0 Å². The molecule has 29 heavy (non-hydrogen) atoms. The number of nitrogens with one attached hydrogen (secondary N) is 4. The maximum atomic E-state index is 12.5. The molecule has 0 spiro atoms. The summed E-state index contributed by atoms with van der Waals surface area (Å²) in [7, 11) is 0. The van der Waals surface area contributed by atoms with Crippen LogP contribution < -0.4 is 21.7 Å². The molecule has 0 fully saturated rings. The molecule has 160 valence electrons. The van der Waals surface area contributed by atoms with E-state index in [1.807, 2.05) is 0 Å². The number of aliphatic hydroxyl groups is 1. The van der Waals surface area contributed by atoms with Gasteiger partial charge in [0.05, 0.1) is 25.9 Å². The molecule has 0 radical (unpaired) electrons. The van der Waals surface area contributed by atoms with E-state index in [1.54, 1.807) is 0 Å². The first-order valence-electron chi connectivity index (χ1n) is 8.30. The number of carbonyl (C=O) groups is 5. The number of hydrogen-bond donors (Lipinski definition) is 8. The molecule has 1 aromatic heterocycles. The number of carboxylic acid groups (broad SMARTS) is 2.